The Morgan fingerprint density at radius 1 is 1.13 bits per heavy atom. The van der Waals surface area contributed by atoms with E-state index < -0.39 is 12.1 Å². The fourth-order valence-corrected chi connectivity index (χ4v) is 3.86. The molecule has 0 aliphatic carbocycles. The number of hydrogen-bond acceptors (Lipinski definition) is 4. The number of benzene rings is 1. The van der Waals surface area contributed by atoms with Crippen molar-refractivity contribution in [3.8, 4) is 0 Å². The van der Waals surface area contributed by atoms with E-state index in [1.54, 1.807) is 18.2 Å². The van der Waals surface area contributed by atoms with E-state index in [-0.39, 0.29) is 11.7 Å². The first kappa shape index (κ1) is 21.9. The highest BCUT2D eigenvalue weighted by Gasteiger charge is 2.38. The Morgan fingerprint density at radius 3 is 2.50 bits per heavy atom. The van der Waals surface area contributed by atoms with Gasteiger partial charge in [-0.15, -0.1) is 0 Å². The largest absolute Gasteiger partial charge is 0.490 e. The summed E-state index contributed by atoms with van der Waals surface area (Å²) in [6, 6.07) is 8.40. The second-order valence-electron chi connectivity index (χ2n) is 7.58. The van der Waals surface area contributed by atoms with Crippen LogP contribution in [0.15, 0.2) is 30.3 Å². The van der Waals surface area contributed by atoms with E-state index in [9.17, 15) is 22.4 Å². The van der Waals surface area contributed by atoms with Crippen LogP contribution in [-0.4, -0.2) is 70.2 Å². The molecule has 1 N–H and O–H groups in total. The fraction of sp³-hybridized carbons (Fsp3) is 0.450. The number of amides is 1. The summed E-state index contributed by atoms with van der Waals surface area (Å²) in [6.07, 6.45) is -3.92. The molecule has 2 aliphatic heterocycles. The maximum absolute atomic E-state index is 13.2. The number of halogens is 4. The van der Waals surface area contributed by atoms with Crippen molar-refractivity contribution in [1.82, 2.24) is 14.8 Å². The average molecular weight is 427 g/mol. The second-order valence-corrected chi connectivity index (χ2v) is 7.58. The monoisotopic (exact) mass is 427 g/mol. The molecule has 162 valence electrons. The first-order valence-electron chi connectivity index (χ1n) is 9.44. The molecular weight excluding hydrogens is 406 g/mol. The van der Waals surface area contributed by atoms with Gasteiger partial charge in [0.05, 0.1) is 5.52 Å². The molecule has 0 spiro atoms. The number of aromatic nitrogens is 1. The molecule has 6 nitrogen and oxygen atoms in total. The molecule has 2 unspecified atom stereocenters. The number of rotatable bonds is 1. The molecule has 1 aromatic heterocycles. The normalized spacial score (nSPS) is 21.7. The number of nitrogens with zero attached hydrogens (tertiary/aromatic N) is 3. The van der Waals surface area contributed by atoms with E-state index in [1.165, 1.54) is 12.1 Å². The van der Waals surface area contributed by atoms with Gasteiger partial charge in [0, 0.05) is 37.6 Å². The van der Waals surface area contributed by atoms with E-state index in [0.29, 0.717) is 23.2 Å². The van der Waals surface area contributed by atoms with Crippen LogP contribution in [0.4, 0.5) is 17.6 Å². The maximum Gasteiger partial charge on any atom is 0.490 e. The Labute approximate surface area is 170 Å². The van der Waals surface area contributed by atoms with Crippen molar-refractivity contribution < 1.29 is 32.3 Å². The number of carbonyl (C=O) groups excluding carboxylic acids is 1. The first-order chi connectivity index (χ1) is 14.0. The summed E-state index contributed by atoms with van der Waals surface area (Å²) in [5, 5.41) is 7.84. The van der Waals surface area contributed by atoms with Crippen LogP contribution < -0.4 is 0 Å². The Morgan fingerprint density at radius 2 is 1.83 bits per heavy atom. The van der Waals surface area contributed by atoms with E-state index in [1.807, 2.05) is 4.90 Å². The number of aliphatic carboxylic acids is 1. The highest BCUT2D eigenvalue weighted by Crippen LogP contribution is 2.26. The summed E-state index contributed by atoms with van der Waals surface area (Å²) in [6.45, 7) is 5.90. The van der Waals surface area contributed by atoms with E-state index in [0.717, 1.165) is 38.0 Å². The lowest BCUT2D eigenvalue weighted by Crippen LogP contribution is -2.52. The number of carbonyl (C=O) groups is 2. The molecule has 2 aliphatic rings. The van der Waals surface area contributed by atoms with Crippen molar-refractivity contribution in [2.75, 3.05) is 26.2 Å². The molecule has 10 heteroatoms. The number of piperazine rings is 1. The minimum Gasteiger partial charge on any atom is -0.475 e. The van der Waals surface area contributed by atoms with Gasteiger partial charge in [0.2, 0.25) is 0 Å². The topological polar surface area (TPSA) is 73.7 Å². The predicted octanol–water partition coefficient (Wildman–Crippen LogP) is 3.17. The third-order valence-corrected chi connectivity index (χ3v) is 5.23. The van der Waals surface area contributed by atoms with Crippen LogP contribution >= 0.6 is 0 Å². The van der Waals surface area contributed by atoms with Gasteiger partial charge in [-0.05, 0) is 36.6 Å². The van der Waals surface area contributed by atoms with Gasteiger partial charge < -0.3 is 10.0 Å². The molecule has 1 aromatic carbocycles. The molecule has 0 radical (unpaired) electrons. The summed E-state index contributed by atoms with van der Waals surface area (Å²) in [5.41, 5.74) is 1.11. The molecule has 2 aromatic rings. The van der Waals surface area contributed by atoms with Crippen molar-refractivity contribution in [2.24, 2.45) is 5.92 Å². The van der Waals surface area contributed by atoms with Crippen LogP contribution in [0, 0.1) is 11.7 Å². The average Bonchev–Trinajstić information content (AvgIpc) is 3.05. The second kappa shape index (κ2) is 8.55. The number of carboxylic acid groups (broad SMARTS) is 1. The summed E-state index contributed by atoms with van der Waals surface area (Å²) < 4.78 is 45.0. The van der Waals surface area contributed by atoms with Crippen LogP contribution in [0.1, 0.15) is 23.8 Å². The van der Waals surface area contributed by atoms with Crippen LogP contribution in [-0.2, 0) is 4.79 Å². The van der Waals surface area contributed by atoms with Gasteiger partial charge in [-0.2, -0.15) is 13.2 Å². The first-order valence-corrected chi connectivity index (χ1v) is 9.44. The Kier molecular flexibility index (Phi) is 6.25. The molecule has 0 saturated carbocycles. The van der Waals surface area contributed by atoms with Gasteiger partial charge in [0.25, 0.3) is 5.91 Å². The van der Waals surface area contributed by atoms with Gasteiger partial charge in [-0.1, -0.05) is 13.0 Å². The zero-order chi connectivity index (χ0) is 22.1. The fourth-order valence-electron chi connectivity index (χ4n) is 3.86. The molecular formula is C20H21F4N3O3. The van der Waals surface area contributed by atoms with Crippen molar-refractivity contribution >= 4 is 22.8 Å². The SMILES string of the molecule is CC1CC2CN(C(=O)c3ccc4cc(F)ccc4n3)CCN2C1.O=C(O)C(F)(F)F. The summed E-state index contributed by atoms with van der Waals surface area (Å²) in [5.74, 6) is -2.35. The van der Waals surface area contributed by atoms with Crippen LogP contribution in [0.25, 0.3) is 10.9 Å². The zero-order valence-electron chi connectivity index (χ0n) is 16.2. The quantitative estimate of drug-likeness (QED) is 0.708. The Bertz CT molecular complexity index is 951. The summed E-state index contributed by atoms with van der Waals surface area (Å²) in [7, 11) is 0. The Hall–Kier alpha value is -2.75. The Balaban J connectivity index is 0.000000318. The standard InChI is InChI=1S/C18H20FN3O.C2HF3O2/c1-12-8-15-11-22(7-6-21(15)10-12)18(23)17-4-2-13-9-14(19)3-5-16(13)20-17;3-2(4,5)1(6)7/h2-5,9,12,15H,6-8,10-11H2,1H3;(H,6,7). The minimum absolute atomic E-state index is 0.0181. The van der Waals surface area contributed by atoms with Gasteiger partial charge in [-0.3, -0.25) is 9.69 Å². The molecule has 4 rings (SSSR count). The van der Waals surface area contributed by atoms with Gasteiger partial charge in [0.15, 0.2) is 0 Å². The number of hydrogen-bond donors (Lipinski definition) is 1. The number of pyridine rings is 1. The lowest BCUT2D eigenvalue weighted by Gasteiger charge is -2.37. The van der Waals surface area contributed by atoms with Gasteiger partial charge in [0.1, 0.15) is 11.5 Å². The van der Waals surface area contributed by atoms with Crippen LogP contribution in [0.5, 0.6) is 0 Å². The summed E-state index contributed by atoms with van der Waals surface area (Å²) >= 11 is 0. The van der Waals surface area contributed by atoms with Gasteiger partial charge >= 0.3 is 12.1 Å². The molecule has 30 heavy (non-hydrogen) atoms. The maximum atomic E-state index is 13.2. The molecule has 0 bridgehead atoms. The predicted molar refractivity (Wildman–Crippen MR) is 100 cm³/mol. The lowest BCUT2D eigenvalue weighted by atomic mass is 10.1. The van der Waals surface area contributed by atoms with Crippen LogP contribution in [0.3, 0.4) is 0 Å². The number of alkyl halides is 3. The van der Waals surface area contributed by atoms with Gasteiger partial charge in [-0.25, -0.2) is 14.2 Å². The molecule has 2 saturated heterocycles. The van der Waals surface area contributed by atoms with Crippen molar-refractivity contribution in [1.29, 1.82) is 0 Å². The summed E-state index contributed by atoms with van der Waals surface area (Å²) in [4.78, 5) is 30.5. The van der Waals surface area contributed by atoms with E-state index in [4.69, 9.17) is 9.90 Å². The molecule has 2 fully saturated rings. The third-order valence-electron chi connectivity index (χ3n) is 5.23. The molecule has 3 heterocycles. The van der Waals surface area contributed by atoms with Crippen LogP contribution in [0.2, 0.25) is 0 Å². The lowest BCUT2D eigenvalue weighted by molar-refractivity contribution is -0.192. The van der Waals surface area contributed by atoms with Crippen molar-refractivity contribution in [3.63, 3.8) is 0 Å². The van der Waals surface area contributed by atoms with E-state index >= 15 is 0 Å². The van der Waals surface area contributed by atoms with E-state index in [2.05, 4.69) is 16.8 Å². The molecule has 1 amide bonds. The highest BCUT2D eigenvalue weighted by atomic mass is 19.4. The third kappa shape index (κ3) is 5.05. The van der Waals surface area contributed by atoms with Crippen molar-refractivity contribution in [3.05, 3.63) is 41.8 Å². The van der Waals surface area contributed by atoms with Crippen molar-refractivity contribution in [2.45, 2.75) is 25.6 Å². The number of fused-ring (bicyclic) bond motifs is 2. The highest BCUT2D eigenvalue weighted by molar-refractivity contribution is 5.95. The molecule has 2 atom stereocenters. The smallest absolute Gasteiger partial charge is 0.475 e. The minimum atomic E-state index is -5.08. The number of carboxylic acids is 1. The zero-order valence-corrected chi connectivity index (χ0v) is 16.2.